The van der Waals surface area contributed by atoms with Crippen molar-refractivity contribution in [3.63, 3.8) is 0 Å². The van der Waals surface area contributed by atoms with Gasteiger partial charge >= 0.3 is 0 Å². The van der Waals surface area contributed by atoms with Crippen LogP contribution in [0.15, 0.2) is 72.8 Å². The SMILES string of the molecule is Cc1c(Cl)cccc1N(CCCC(=O)N(Cc1ccccc1F)[C@@H](Cc1ccccc1)C(=O)NC(C)C)S(C)(=O)=O. The van der Waals surface area contributed by atoms with Crippen LogP contribution in [-0.4, -0.2) is 50.0 Å². The summed E-state index contributed by atoms with van der Waals surface area (Å²) in [4.78, 5) is 28.7. The van der Waals surface area contributed by atoms with Gasteiger partial charge in [-0.2, -0.15) is 0 Å². The van der Waals surface area contributed by atoms with Crippen molar-refractivity contribution in [2.45, 2.75) is 58.7 Å². The molecular weight excluding hydrogens is 565 g/mol. The number of carbonyl (C=O) groups excluding carboxylic acids is 2. The standard InChI is InChI=1S/C31H37ClFN3O4S/c1-22(2)34-31(38)29(20-24-12-6-5-7-13-24)35(21-25-14-8-9-16-27(25)33)30(37)18-11-19-36(41(4,39)40)28-17-10-15-26(32)23(28)3/h5-10,12-17,22,29H,11,18-21H2,1-4H3,(H,34,38)/t29-/m0/s1. The summed E-state index contributed by atoms with van der Waals surface area (Å²) >= 11 is 6.24. The summed E-state index contributed by atoms with van der Waals surface area (Å²) in [6.07, 6.45) is 1.46. The van der Waals surface area contributed by atoms with Gasteiger partial charge in [-0.3, -0.25) is 13.9 Å². The van der Waals surface area contributed by atoms with Crippen molar-refractivity contribution in [3.05, 3.63) is 100 Å². The van der Waals surface area contributed by atoms with E-state index in [-0.39, 0.29) is 55.8 Å². The second-order valence-electron chi connectivity index (χ2n) is 10.3. The van der Waals surface area contributed by atoms with Gasteiger partial charge in [0.05, 0.1) is 11.9 Å². The van der Waals surface area contributed by atoms with E-state index in [0.29, 0.717) is 16.3 Å². The summed E-state index contributed by atoms with van der Waals surface area (Å²) in [6, 6.07) is 19.4. The third-order valence-corrected chi connectivity index (χ3v) is 8.25. The number of benzene rings is 3. The van der Waals surface area contributed by atoms with Gasteiger partial charge in [0.1, 0.15) is 11.9 Å². The molecule has 0 bridgehead atoms. The lowest BCUT2D eigenvalue weighted by Gasteiger charge is -2.32. The molecule has 0 aliphatic rings. The maximum Gasteiger partial charge on any atom is 0.243 e. The normalized spacial score (nSPS) is 12.2. The fourth-order valence-electron chi connectivity index (χ4n) is 4.59. The van der Waals surface area contributed by atoms with Crippen molar-refractivity contribution in [2.75, 3.05) is 17.1 Å². The van der Waals surface area contributed by atoms with E-state index in [1.54, 1.807) is 43.3 Å². The van der Waals surface area contributed by atoms with Crippen LogP contribution in [0, 0.1) is 12.7 Å². The Balaban J connectivity index is 1.91. The Morgan fingerprint density at radius 2 is 1.63 bits per heavy atom. The minimum absolute atomic E-state index is 0.0286. The molecular formula is C31H37ClFN3O4S. The zero-order valence-corrected chi connectivity index (χ0v) is 25.4. The van der Waals surface area contributed by atoms with Gasteiger partial charge in [0.25, 0.3) is 0 Å². The van der Waals surface area contributed by atoms with Crippen molar-refractivity contribution in [1.82, 2.24) is 10.2 Å². The van der Waals surface area contributed by atoms with E-state index in [0.717, 1.165) is 11.8 Å². The second kappa shape index (κ2) is 14.5. The summed E-state index contributed by atoms with van der Waals surface area (Å²) in [5.41, 5.74) is 2.18. The molecule has 0 radical (unpaired) electrons. The number of nitrogens with one attached hydrogen (secondary N) is 1. The molecule has 220 valence electrons. The van der Waals surface area contributed by atoms with Crippen molar-refractivity contribution >= 4 is 39.1 Å². The Labute approximate surface area is 247 Å². The molecule has 1 atom stereocenters. The molecule has 3 aromatic rings. The van der Waals surface area contributed by atoms with Gasteiger partial charge in [-0.1, -0.05) is 66.2 Å². The van der Waals surface area contributed by atoms with Crippen LogP contribution in [0.2, 0.25) is 5.02 Å². The number of carbonyl (C=O) groups is 2. The lowest BCUT2D eigenvalue weighted by molar-refractivity contribution is -0.141. The van der Waals surface area contributed by atoms with Crippen LogP contribution in [0.4, 0.5) is 10.1 Å². The molecule has 41 heavy (non-hydrogen) atoms. The highest BCUT2D eigenvalue weighted by Crippen LogP contribution is 2.28. The molecule has 10 heteroatoms. The van der Waals surface area contributed by atoms with Crippen LogP contribution in [0.25, 0.3) is 0 Å². The quantitative estimate of drug-likeness (QED) is 0.280. The first kappa shape index (κ1) is 32.1. The molecule has 0 fully saturated rings. The molecule has 0 aromatic heterocycles. The van der Waals surface area contributed by atoms with E-state index in [9.17, 15) is 22.4 Å². The molecule has 3 aromatic carbocycles. The van der Waals surface area contributed by atoms with Gasteiger partial charge in [-0.15, -0.1) is 0 Å². The van der Waals surface area contributed by atoms with Gasteiger partial charge < -0.3 is 10.2 Å². The highest BCUT2D eigenvalue weighted by molar-refractivity contribution is 7.92. The van der Waals surface area contributed by atoms with Gasteiger partial charge in [0.2, 0.25) is 21.8 Å². The third kappa shape index (κ3) is 9.03. The summed E-state index contributed by atoms with van der Waals surface area (Å²) in [7, 11) is -3.68. The zero-order valence-electron chi connectivity index (χ0n) is 23.8. The molecule has 2 amide bonds. The number of halogens is 2. The van der Waals surface area contributed by atoms with Crippen molar-refractivity contribution in [1.29, 1.82) is 0 Å². The van der Waals surface area contributed by atoms with Crippen LogP contribution >= 0.6 is 11.6 Å². The smallest absolute Gasteiger partial charge is 0.243 e. The first-order valence-electron chi connectivity index (χ1n) is 13.5. The number of rotatable bonds is 13. The molecule has 0 heterocycles. The van der Waals surface area contributed by atoms with Crippen molar-refractivity contribution in [2.24, 2.45) is 0 Å². The number of hydrogen-bond donors (Lipinski definition) is 1. The monoisotopic (exact) mass is 601 g/mol. The van der Waals surface area contributed by atoms with Crippen LogP contribution in [0.3, 0.4) is 0 Å². The number of amides is 2. The fourth-order valence-corrected chi connectivity index (χ4v) is 5.78. The highest BCUT2D eigenvalue weighted by Gasteiger charge is 2.31. The maximum atomic E-state index is 14.7. The molecule has 0 saturated heterocycles. The van der Waals surface area contributed by atoms with E-state index in [2.05, 4.69) is 5.32 Å². The minimum Gasteiger partial charge on any atom is -0.352 e. The largest absolute Gasteiger partial charge is 0.352 e. The molecule has 0 unspecified atom stereocenters. The molecule has 1 N–H and O–H groups in total. The number of anilines is 1. The van der Waals surface area contributed by atoms with Gasteiger partial charge in [-0.05, 0) is 56.5 Å². The molecule has 7 nitrogen and oxygen atoms in total. The van der Waals surface area contributed by atoms with Crippen molar-refractivity contribution < 1.29 is 22.4 Å². The maximum absolute atomic E-state index is 14.7. The number of hydrogen-bond acceptors (Lipinski definition) is 4. The van der Waals surface area contributed by atoms with Crippen LogP contribution in [0.1, 0.15) is 43.4 Å². The Morgan fingerprint density at radius 3 is 2.27 bits per heavy atom. The summed E-state index contributed by atoms with van der Waals surface area (Å²) in [6.45, 7) is 5.31. The van der Waals surface area contributed by atoms with Crippen LogP contribution < -0.4 is 9.62 Å². The summed E-state index contributed by atoms with van der Waals surface area (Å²) in [5, 5.41) is 3.33. The Morgan fingerprint density at radius 1 is 0.976 bits per heavy atom. The lowest BCUT2D eigenvalue weighted by Crippen LogP contribution is -2.52. The Kier molecular flexibility index (Phi) is 11.3. The van der Waals surface area contributed by atoms with E-state index in [4.69, 9.17) is 11.6 Å². The zero-order chi connectivity index (χ0) is 30.2. The molecule has 0 aliphatic carbocycles. The number of sulfonamides is 1. The Bertz CT molecular complexity index is 1450. The summed E-state index contributed by atoms with van der Waals surface area (Å²) in [5.74, 6) is -1.21. The van der Waals surface area contributed by atoms with E-state index in [1.165, 1.54) is 15.3 Å². The van der Waals surface area contributed by atoms with Crippen LogP contribution in [0.5, 0.6) is 0 Å². The molecule has 0 spiro atoms. The predicted octanol–water partition coefficient (Wildman–Crippen LogP) is 5.50. The van der Waals surface area contributed by atoms with Gasteiger partial charge in [-0.25, -0.2) is 12.8 Å². The summed E-state index contributed by atoms with van der Waals surface area (Å²) < 4.78 is 41.3. The fraction of sp³-hybridized carbons (Fsp3) is 0.355. The molecule has 0 aliphatic heterocycles. The molecule has 3 rings (SSSR count). The second-order valence-corrected chi connectivity index (χ2v) is 12.6. The van der Waals surface area contributed by atoms with Crippen molar-refractivity contribution in [3.8, 4) is 0 Å². The molecule has 0 saturated carbocycles. The van der Waals surface area contributed by atoms with Gasteiger partial charge in [0, 0.05) is 42.6 Å². The number of nitrogens with zero attached hydrogens (tertiary/aromatic N) is 2. The predicted molar refractivity (Wildman–Crippen MR) is 162 cm³/mol. The lowest BCUT2D eigenvalue weighted by atomic mass is 10.0. The highest BCUT2D eigenvalue weighted by atomic mass is 35.5. The Hall–Kier alpha value is -3.43. The van der Waals surface area contributed by atoms with Gasteiger partial charge in [0.15, 0.2) is 0 Å². The topological polar surface area (TPSA) is 86.8 Å². The third-order valence-electron chi connectivity index (χ3n) is 6.66. The average Bonchev–Trinajstić information content (AvgIpc) is 2.91. The first-order chi connectivity index (χ1) is 19.4. The van der Waals surface area contributed by atoms with E-state index >= 15 is 0 Å². The van der Waals surface area contributed by atoms with E-state index < -0.39 is 21.9 Å². The average molecular weight is 602 g/mol. The minimum atomic E-state index is -3.68. The van der Waals surface area contributed by atoms with E-state index in [1.807, 2.05) is 44.2 Å². The van der Waals surface area contributed by atoms with Crippen LogP contribution in [-0.2, 0) is 32.6 Å². The first-order valence-corrected chi connectivity index (χ1v) is 15.7.